The Bertz CT molecular complexity index is 521. The Labute approximate surface area is 117 Å². The Kier molecular flexibility index (Phi) is 3.63. The summed E-state index contributed by atoms with van der Waals surface area (Å²) in [5.41, 5.74) is 1.41. The summed E-state index contributed by atoms with van der Waals surface area (Å²) < 4.78 is 10.6. The zero-order chi connectivity index (χ0) is 14.2. The van der Waals surface area contributed by atoms with E-state index in [4.69, 9.17) is 26.2 Å². The summed E-state index contributed by atoms with van der Waals surface area (Å²) >= 11 is 6.32. The molecule has 1 saturated carbocycles. The molecular formula is C14H17ClO4. The monoisotopic (exact) mass is 284 g/mol. The second-order valence-corrected chi connectivity index (χ2v) is 5.35. The number of hydrogen-bond donors (Lipinski definition) is 1. The first-order chi connectivity index (χ1) is 8.95. The third-order valence-corrected chi connectivity index (χ3v) is 4.03. The second-order valence-electron chi connectivity index (χ2n) is 4.94. The molecular weight excluding hydrogens is 268 g/mol. The van der Waals surface area contributed by atoms with Gasteiger partial charge < -0.3 is 14.6 Å². The number of hydrogen-bond acceptors (Lipinski definition) is 3. The van der Waals surface area contributed by atoms with Gasteiger partial charge in [-0.3, -0.25) is 4.79 Å². The molecule has 1 N–H and O–H groups in total. The van der Waals surface area contributed by atoms with E-state index in [1.54, 1.807) is 20.3 Å². The van der Waals surface area contributed by atoms with Gasteiger partial charge >= 0.3 is 5.97 Å². The van der Waals surface area contributed by atoms with Gasteiger partial charge in [0.2, 0.25) is 0 Å². The normalized spacial score (nSPS) is 16.0. The van der Waals surface area contributed by atoms with Crippen LogP contribution >= 0.6 is 11.6 Å². The standard InChI is InChI=1S/C14H17ClO4/c1-8-12(14(4-5-14)7-11(16)17)9(15)6-10(18-2)13(8)19-3/h6H,4-5,7H2,1-3H3,(H,16,17). The Morgan fingerprint density at radius 1 is 1.42 bits per heavy atom. The molecule has 104 valence electrons. The zero-order valence-corrected chi connectivity index (χ0v) is 12.0. The number of carboxylic acids is 1. The fraction of sp³-hybridized carbons (Fsp3) is 0.500. The van der Waals surface area contributed by atoms with Gasteiger partial charge in [-0.25, -0.2) is 0 Å². The molecule has 0 spiro atoms. The lowest BCUT2D eigenvalue weighted by Crippen LogP contribution is -2.15. The molecule has 1 fully saturated rings. The van der Waals surface area contributed by atoms with Crippen molar-refractivity contribution >= 4 is 17.6 Å². The molecule has 1 aromatic carbocycles. The highest BCUT2D eigenvalue weighted by Gasteiger charge is 2.48. The average molecular weight is 285 g/mol. The van der Waals surface area contributed by atoms with Crippen LogP contribution in [0.3, 0.4) is 0 Å². The van der Waals surface area contributed by atoms with Crippen molar-refractivity contribution in [1.82, 2.24) is 0 Å². The lowest BCUT2D eigenvalue weighted by atomic mass is 9.88. The summed E-state index contributed by atoms with van der Waals surface area (Å²) in [6.07, 6.45) is 1.79. The molecule has 0 saturated heterocycles. The SMILES string of the molecule is COc1cc(Cl)c(C2(CC(=O)O)CC2)c(C)c1OC. The van der Waals surface area contributed by atoms with Gasteiger partial charge in [-0.15, -0.1) is 0 Å². The molecule has 4 nitrogen and oxygen atoms in total. The lowest BCUT2D eigenvalue weighted by Gasteiger charge is -2.21. The van der Waals surface area contributed by atoms with Gasteiger partial charge in [-0.05, 0) is 25.3 Å². The van der Waals surface area contributed by atoms with Crippen LogP contribution in [0.25, 0.3) is 0 Å². The molecule has 1 aliphatic rings. The molecule has 0 amide bonds. The van der Waals surface area contributed by atoms with Crippen LogP contribution in [-0.2, 0) is 10.2 Å². The van der Waals surface area contributed by atoms with E-state index in [0.29, 0.717) is 16.5 Å². The van der Waals surface area contributed by atoms with E-state index in [1.165, 1.54) is 0 Å². The second kappa shape index (κ2) is 4.93. The van der Waals surface area contributed by atoms with Crippen LogP contribution in [0.5, 0.6) is 11.5 Å². The van der Waals surface area contributed by atoms with E-state index in [-0.39, 0.29) is 11.8 Å². The number of methoxy groups -OCH3 is 2. The van der Waals surface area contributed by atoms with Crippen molar-refractivity contribution in [3.05, 3.63) is 22.2 Å². The number of rotatable bonds is 5. The Morgan fingerprint density at radius 2 is 2.05 bits per heavy atom. The molecule has 0 aromatic heterocycles. The Balaban J connectivity index is 2.55. The van der Waals surface area contributed by atoms with Gasteiger partial charge in [-0.1, -0.05) is 11.6 Å². The first-order valence-corrected chi connectivity index (χ1v) is 6.46. The minimum absolute atomic E-state index is 0.100. The van der Waals surface area contributed by atoms with Crippen molar-refractivity contribution < 1.29 is 19.4 Å². The minimum Gasteiger partial charge on any atom is -0.493 e. The van der Waals surface area contributed by atoms with Crippen molar-refractivity contribution in [2.45, 2.75) is 31.6 Å². The summed E-state index contributed by atoms with van der Waals surface area (Å²) in [5.74, 6) is 0.390. The number of ether oxygens (including phenoxy) is 2. The maximum absolute atomic E-state index is 11.0. The van der Waals surface area contributed by atoms with E-state index in [2.05, 4.69) is 0 Å². The highest BCUT2D eigenvalue weighted by molar-refractivity contribution is 6.32. The predicted octanol–water partition coefficient (Wildman–Crippen LogP) is 3.17. The van der Waals surface area contributed by atoms with Crippen molar-refractivity contribution in [2.75, 3.05) is 14.2 Å². The predicted molar refractivity (Wildman–Crippen MR) is 72.5 cm³/mol. The highest BCUT2D eigenvalue weighted by Crippen LogP contribution is 2.56. The molecule has 19 heavy (non-hydrogen) atoms. The number of halogens is 1. The molecule has 5 heteroatoms. The van der Waals surface area contributed by atoms with Gasteiger partial charge in [0, 0.05) is 22.1 Å². The van der Waals surface area contributed by atoms with Crippen LogP contribution in [0.4, 0.5) is 0 Å². The molecule has 0 heterocycles. The molecule has 2 rings (SSSR count). The van der Waals surface area contributed by atoms with Crippen molar-refractivity contribution in [3.8, 4) is 11.5 Å². The largest absolute Gasteiger partial charge is 0.493 e. The topological polar surface area (TPSA) is 55.8 Å². The summed E-state index contributed by atoms with van der Waals surface area (Å²) in [6, 6.07) is 1.70. The zero-order valence-electron chi connectivity index (χ0n) is 11.2. The van der Waals surface area contributed by atoms with Gasteiger partial charge in [0.25, 0.3) is 0 Å². The third kappa shape index (κ3) is 2.37. The van der Waals surface area contributed by atoms with Crippen LogP contribution < -0.4 is 9.47 Å². The summed E-state index contributed by atoms with van der Waals surface area (Å²) in [5, 5.41) is 9.61. The van der Waals surface area contributed by atoms with Crippen molar-refractivity contribution in [2.24, 2.45) is 0 Å². The summed E-state index contributed by atoms with van der Waals surface area (Å²) in [4.78, 5) is 11.0. The van der Waals surface area contributed by atoms with Crippen LogP contribution in [-0.4, -0.2) is 25.3 Å². The fourth-order valence-corrected chi connectivity index (χ4v) is 3.18. The van der Waals surface area contributed by atoms with E-state index in [9.17, 15) is 4.79 Å². The molecule has 0 radical (unpaired) electrons. The Morgan fingerprint density at radius 3 is 2.47 bits per heavy atom. The molecule has 0 bridgehead atoms. The number of aliphatic carboxylic acids is 1. The van der Waals surface area contributed by atoms with Crippen LogP contribution in [0, 0.1) is 6.92 Å². The molecule has 1 aliphatic carbocycles. The number of carboxylic acid groups (broad SMARTS) is 1. The minimum atomic E-state index is -0.803. The van der Waals surface area contributed by atoms with E-state index < -0.39 is 5.97 Å². The van der Waals surface area contributed by atoms with Gasteiger partial charge in [-0.2, -0.15) is 0 Å². The number of carbonyl (C=O) groups is 1. The van der Waals surface area contributed by atoms with Gasteiger partial charge in [0.05, 0.1) is 20.6 Å². The van der Waals surface area contributed by atoms with Crippen molar-refractivity contribution in [1.29, 1.82) is 0 Å². The molecule has 0 atom stereocenters. The van der Waals surface area contributed by atoms with Crippen LogP contribution in [0.1, 0.15) is 30.4 Å². The van der Waals surface area contributed by atoms with Crippen molar-refractivity contribution in [3.63, 3.8) is 0 Å². The fourth-order valence-electron chi connectivity index (χ4n) is 2.74. The summed E-state index contributed by atoms with van der Waals surface area (Å²) in [7, 11) is 3.12. The maximum atomic E-state index is 11.0. The highest BCUT2D eigenvalue weighted by atomic mass is 35.5. The summed E-state index contributed by atoms with van der Waals surface area (Å²) in [6.45, 7) is 1.89. The molecule has 0 unspecified atom stereocenters. The first-order valence-electron chi connectivity index (χ1n) is 6.08. The molecule has 0 aliphatic heterocycles. The van der Waals surface area contributed by atoms with E-state index in [1.807, 2.05) is 6.92 Å². The first kappa shape index (κ1) is 14.0. The number of benzene rings is 1. The lowest BCUT2D eigenvalue weighted by molar-refractivity contribution is -0.137. The molecule has 1 aromatic rings. The smallest absolute Gasteiger partial charge is 0.304 e. The average Bonchev–Trinajstić information content (AvgIpc) is 3.07. The van der Waals surface area contributed by atoms with Gasteiger partial charge in [0.1, 0.15) is 0 Å². The quantitative estimate of drug-likeness (QED) is 0.902. The maximum Gasteiger partial charge on any atom is 0.304 e. The van der Waals surface area contributed by atoms with Crippen LogP contribution in [0.15, 0.2) is 6.07 Å². The van der Waals surface area contributed by atoms with Gasteiger partial charge in [0.15, 0.2) is 11.5 Å². The van der Waals surface area contributed by atoms with E-state index >= 15 is 0 Å². The Hall–Kier alpha value is -1.42. The third-order valence-electron chi connectivity index (χ3n) is 3.73. The van der Waals surface area contributed by atoms with E-state index in [0.717, 1.165) is 24.0 Å². The van der Waals surface area contributed by atoms with Crippen LogP contribution in [0.2, 0.25) is 5.02 Å².